The molecule has 2 aromatic heterocycles. The van der Waals surface area contributed by atoms with Gasteiger partial charge in [-0.25, -0.2) is 9.78 Å². The average Bonchev–Trinajstić information content (AvgIpc) is 2.94. The van der Waals surface area contributed by atoms with E-state index in [1.54, 1.807) is 13.8 Å². The van der Waals surface area contributed by atoms with Crippen LogP contribution in [0, 0.1) is 6.92 Å². The van der Waals surface area contributed by atoms with E-state index in [2.05, 4.69) is 17.2 Å². The smallest absolute Gasteiger partial charge is 0.342 e. The quantitative estimate of drug-likeness (QED) is 0.532. The molecular formula is C19H27N3O5. The van der Waals surface area contributed by atoms with Crippen LogP contribution in [0.2, 0.25) is 0 Å². The van der Waals surface area contributed by atoms with Crippen LogP contribution in [0.5, 0.6) is 0 Å². The van der Waals surface area contributed by atoms with Crippen LogP contribution in [0.4, 0.5) is 0 Å². The highest BCUT2D eigenvalue weighted by molar-refractivity contribution is 6.03. The molecule has 0 spiro atoms. The Labute approximate surface area is 157 Å². The van der Waals surface area contributed by atoms with Crippen molar-refractivity contribution in [3.63, 3.8) is 0 Å². The van der Waals surface area contributed by atoms with Gasteiger partial charge in [0.1, 0.15) is 29.6 Å². The second kappa shape index (κ2) is 9.34. The van der Waals surface area contributed by atoms with Crippen molar-refractivity contribution >= 4 is 23.0 Å². The second-order valence-corrected chi connectivity index (χ2v) is 6.58. The average molecular weight is 377 g/mol. The molecule has 0 unspecified atom stereocenters. The van der Waals surface area contributed by atoms with E-state index < -0.39 is 11.5 Å². The number of hydrogen-bond donors (Lipinski definition) is 1. The molecule has 0 bridgehead atoms. The number of carbonyl (C=O) groups excluding carboxylic acids is 2. The van der Waals surface area contributed by atoms with Gasteiger partial charge in [0.15, 0.2) is 0 Å². The Hall–Kier alpha value is -2.64. The topological polar surface area (TPSA) is 103 Å². The fourth-order valence-corrected chi connectivity index (χ4v) is 2.95. The van der Waals surface area contributed by atoms with Crippen molar-refractivity contribution in [2.24, 2.45) is 0 Å². The van der Waals surface area contributed by atoms with Gasteiger partial charge in [0.25, 0.3) is 5.56 Å². The molecule has 0 radical (unpaired) electrons. The Kier molecular flexibility index (Phi) is 7.15. The first-order chi connectivity index (χ1) is 12.9. The van der Waals surface area contributed by atoms with E-state index in [9.17, 15) is 14.4 Å². The fourth-order valence-electron chi connectivity index (χ4n) is 2.95. The Morgan fingerprint density at radius 1 is 1.33 bits per heavy atom. The standard InChI is InChI=1S/C19H27N3O5/c1-5-7-8-9-12(3)21-14(23)10-22-11-20-17-16(18(22)24)15(13(4)27-17)19(25)26-6-2/h11-12H,5-10H2,1-4H3,(H,21,23)/t12-/m1/s1. The van der Waals surface area contributed by atoms with Crippen LogP contribution in [-0.2, 0) is 16.1 Å². The summed E-state index contributed by atoms with van der Waals surface area (Å²) >= 11 is 0. The lowest BCUT2D eigenvalue weighted by molar-refractivity contribution is -0.122. The minimum absolute atomic E-state index is 0.0303. The van der Waals surface area contributed by atoms with E-state index in [0.29, 0.717) is 0 Å². The summed E-state index contributed by atoms with van der Waals surface area (Å²) in [5.41, 5.74) is -0.383. The summed E-state index contributed by atoms with van der Waals surface area (Å²) in [6, 6.07) is 0.0303. The Morgan fingerprint density at radius 2 is 2.07 bits per heavy atom. The Balaban J connectivity index is 2.21. The molecule has 0 saturated heterocycles. The van der Waals surface area contributed by atoms with Gasteiger partial charge in [-0.3, -0.25) is 14.2 Å². The number of unbranched alkanes of at least 4 members (excludes halogenated alkanes) is 2. The summed E-state index contributed by atoms with van der Waals surface area (Å²) in [4.78, 5) is 41.3. The van der Waals surface area contributed by atoms with Crippen molar-refractivity contribution in [3.05, 3.63) is 28.0 Å². The van der Waals surface area contributed by atoms with Gasteiger partial charge in [-0.05, 0) is 27.2 Å². The molecule has 8 nitrogen and oxygen atoms in total. The van der Waals surface area contributed by atoms with Crippen molar-refractivity contribution in [2.45, 2.75) is 66.0 Å². The minimum Gasteiger partial charge on any atom is -0.462 e. The summed E-state index contributed by atoms with van der Waals surface area (Å²) in [5, 5.41) is 2.92. The monoisotopic (exact) mass is 377 g/mol. The number of furan rings is 1. The van der Waals surface area contributed by atoms with E-state index in [-0.39, 0.29) is 47.5 Å². The van der Waals surface area contributed by atoms with Crippen LogP contribution in [0.1, 0.15) is 62.6 Å². The normalized spacial score (nSPS) is 12.1. The van der Waals surface area contributed by atoms with Crippen LogP contribution in [0.25, 0.3) is 11.1 Å². The molecule has 0 fully saturated rings. The van der Waals surface area contributed by atoms with Gasteiger partial charge in [0, 0.05) is 6.04 Å². The van der Waals surface area contributed by atoms with Crippen LogP contribution in [0.3, 0.4) is 0 Å². The maximum atomic E-state index is 12.8. The van der Waals surface area contributed by atoms with Crippen molar-refractivity contribution in [1.29, 1.82) is 0 Å². The largest absolute Gasteiger partial charge is 0.462 e. The first-order valence-corrected chi connectivity index (χ1v) is 9.34. The third-order valence-corrected chi connectivity index (χ3v) is 4.30. The maximum Gasteiger partial charge on any atom is 0.342 e. The third-order valence-electron chi connectivity index (χ3n) is 4.30. The van der Waals surface area contributed by atoms with E-state index >= 15 is 0 Å². The molecule has 148 valence electrons. The molecule has 0 aliphatic rings. The first-order valence-electron chi connectivity index (χ1n) is 9.34. The highest BCUT2D eigenvalue weighted by atomic mass is 16.5. The second-order valence-electron chi connectivity index (χ2n) is 6.58. The number of carbonyl (C=O) groups is 2. The molecule has 0 aliphatic carbocycles. The third kappa shape index (κ3) is 4.96. The zero-order chi connectivity index (χ0) is 20.0. The van der Waals surface area contributed by atoms with Crippen LogP contribution >= 0.6 is 0 Å². The Morgan fingerprint density at radius 3 is 2.74 bits per heavy atom. The molecule has 2 rings (SSSR count). The molecule has 1 amide bonds. The highest BCUT2D eigenvalue weighted by Gasteiger charge is 2.24. The van der Waals surface area contributed by atoms with Crippen LogP contribution in [0.15, 0.2) is 15.5 Å². The number of nitrogens with zero attached hydrogens (tertiary/aromatic N) is 2. The molecule has 0 aliphatic heterocycles. The molecular weight excluding hydrogens is 350 g/mol. The predicted octanol–water partition coefficient (Wildman–Crippen LogP) is 2.56. The number of esters is 1. The van der Waals surface area contributed by atoms with E-state index in [0.717, 1.165) is 25.7 Å². The zero-order valence-electron chi connectivity index (χ0n) is 16.3. The van der Waals surface area contributed by atoms with E-state index in [1.165, 1.54) is 10.9 Å². The summed E-state index contributed by atoms with van der Waals surface area (Å²) in [7, 11) is 0. The number of hydrogen-bond acceptors (Lipinski definition) is 6. The number of nitrogens with one attached hydrogen (secondary N) is 1. The predicted molar refractivity (Wildman–Crippen MR) is 101 cm³/mol. The lowest BCUT2D eigenvalue weighted by Gasteiger charge is -2.14. The van der Waals surface area contributed by atoms with Gasteiger partial charge in [0.05, 0.1) is 6.61 Å². The van der Waals surface area contributed by atoms with Crippen LogP contribution < -0.4 is 10.9 Å². The molecule has 0 saturated carbocycles. The number of aromatic nitrogens is 2. The van der Waals surface area contributed by atoms with E-state index in [1.807, 2.05) is 6.92 Å². The van der Waals surface area contributed by atoms with Crippen molar-refractivity contribution in [3.8, 4) is 0 Å². The van der Waals surface area contributed by atoms with E-state index in [4.69, 9.17) is 9.15 Å². The number of rotatable bonds is 9. The van der Waals surface area contributed by atoms with Gasteiger partial charge in [-0.1, -0.05) is 26.2 Å². The minimum atomic E-state index is -0.639. The SMILES string of the molecule is CCCCC[C@@H](C)NC(=O)Cn1cnc2oc(C)c(C(=O)OCC)c2c1=O. The molecule has 1 atom stereocenters. The zero-order valence-corrected chi connectivity index (χ0v) is 16.3. The fraction of sp³-hybridized carbons (Fsp3) is 0.579. The maximum absolute atomic E-state index is 12.8. The van der Waals surface area contributed by atoms with Gasteiger partial charge in [-0.2, -0.15) is 0 Å². The summed E-state index contributed by atoms with van der Waals surface area (Å²) < 4.78 is 11.6. The molecule has 27 heavy (non-hydrogen) atoms. The van der Waals surface area contributed by atoms with Gasteiger partial charge >= 0.3 is 5.97 Å². The van der Waals surface area contributed by atoms with Crippen molar-refractivity contribution < 1.29 is 18.7 Å². The lowest BCUT2D eigenvalue weighted by Crippen LogP contribution is -2.37. The molecule has 2 aromatic rings. The number of ether oxygens (including phenoxy) is 1. The number of fused-ring (bicyclic) bond motifs is 1. The molecule has 1 N–H and O–H groups in total. The highest BCUT2D eigenvalue weighted by Crippen LogP contribution is 2.21. The van der Waals surface area contributed by atoms with Gasteiger partial charge in [0.2, 0.25) is 11.6 Å². The summed E-state index contributed by atoms with van der Waals surface area (Å²) in [6.45, 7) is 7.32. The van der Waals surface area contributed by atoms with Gasteiger partial charge in [-0.15, -0.1) is 0 Å². The van der Waals surface area contributed by atoms with Gasteiger partial charge < -0.3 is 14.5 Å². The van der Waals surface area contributed by atoms with Crippen molar-refractivity contribution in [2.75, 3.05) is 6.61 Å². The number of amides is 1. The molecule has 2 heterocycles. The Bertz CT molecular complexity index is 868. The molecule has 0 aromatic carbocycles. The van der Waals surface area contributed by atoms with Crippen molar-refractivity contribution in [1.82, 2.24) is 14.9 Å². The van der Waals surface area contributed by atoms with Crippen LogP contribution in [-0.4, -0.2) is 34.1 Å². The summed E-state index contributed by atoms with van der Waals surface area (Å²) in [5.74, 6) is -0.653. The summed E-state index contributed by atoms with van der Waals surface area (Å²) in [6.07, 6.45) is 5.43. The number of aryl methyl sites for hydroxylation is 1. The first kappa shape index (κ1) is 20.7. The lowest BCUT2D eigenvalue weighted by atomic mass is 10.1. The molecule has 8 heteroatoms.